The van der Waals surface area contributed by atoms with Gasteiger partial charge in [0.1, 0.15) is 11.5 Å². The molecule has 23 heavy (non-hydrogen) atoms. The first-order valence-corrected chi connectivity index (χ1v) is 8.92. The minimum absolute atomic E-state index is 0.0603. The highest BCUT2D eigenvalue weighted by Crippen LogP contribution is 2.31. The van der Waals surface area contributed by atoms with Crippen molar-refractivity contribution in [3.05, 3.63) is 18.2 Å². The zero-order valence-electron chi connectivity index (χ0n) is 14.4. The van der Waals surface area contributed by atoms with E-state index in [9.17, 15) is 4.79 Å². The quantitative estimate of drug-likeness (QED) is 0.750. The van der Waals surface area contributed by atoms with Crippen molar-refractivity contribution >= 4 is 11.6 Å². The van der Waals surface area contributed by atoms with Gasteiger partial charge >= 0.3 is 0 Å². The Balaban J connectivity index is 1.93. The van der Waals surface area contributed by atoms with Crippen LogP contribution in [0, 0.1) is 5.92 Å². The molecule has 1 aromatic carbocycles. The smallest absolute Gasteiger partial charge is 0.224 e. The first-order chi connectivity index (χ1) is 11.2. The van der Waals surface area contributed by atoms with Gasteiger partial charge in [-0.25, -0.2) is 0 Å². The summed E-state index contributed by atoms with van der Waals surface area (Å²) in [4.78, 5) is 12.3. The molecule has 0 aromatic heterocycles. The van der Waals surface area contributed by atoms with Crippen LogP contribution in [0.15, 0.2) is 18.2 Å². The van der Waals surface area contributed by atoms with Crippen LogP contribution in [0.3, 0.4) is 0 Å². The van der Waals surface area contributed by atoms with Crippen LogP contribution in [0.25, 0.3) is 0 Å². The predicted molar refractivity (Wildman–Crippen MR) is 93.2 cm³/mol. The molecule has 1 N–H and O–H groups in total. The van der Waals surface area contributed by atoms with E-state index >= 15 is 0 Å². The van der Waals surface area contributed by atoms with E-state index in [2.05, 4.69) is 5.32 Å². The van der Waals surface area contributed by atoms with Gasteiger partial charge in [-0.05, 0) is 38.3 Å². The molecule has 1 aliphatic carbocycles. The van der Waals surface area contributed by atoms with Gasteiger partial charge in [0.2, 0.25) is 5.91 Å². The molecule has 0 aliphatic heterocycles. The maximum absolute atomic E-state index is 12.3. The van der Waals surface area contributed by atoms with Crippen molar-refractivity contribution in [1.29, 1.82) is 0 Å². The number of amides is 1. The lowest BCUT2D eigenvalue weighted by atomic mass is 9.86. The molecule has 1 aliphatic rings. The van der Waals surface area contributed by atoms with E-state index in [1.807, 2.05) is 32.0 Å². The monoisotopic (exact) mass is 319 g/mol. The normalized spacial score (nSPS) is 15.2. The topological polar surface area (TPSA) is 47.6 Å². The Morgan fingerprint density at radius 1 is 1.13 bits per heavy atom. The molecular weight excluding hydrogens is 290 g/mol. The highest BCUT2D eigenvalue weighted by molar-refractivity contribution is 5.92. The average molecular weight is 319 g/mol. The lowest BCUT2D eigenvalue weighted by Gasteiger charge is -2.21. The molecule has 0 bridgehead atoms. The van der Waals surface area contributed by atoms with Gasteiger partial charge in [-0.2, -0.15) is 0 Å². The Kier molecular flexibility index (Phi) is 7.24. The fourth-order valence-electron chi connectivity index (χ4n) is 3.17. The fourth-order valence-corrected chi connectivity index (χ4v) is 3.17. The molecule has 0 unspecified atom stereocenters. The van der Waals surface area contributed by atoms with Crippen molar-refractivity contribution in [2.24, 2.45) is 5.92 Å². The number of rotatable bonds is 8. The van der Waals surface area contributed by atoms with E-state index in [4.69, 9.17) is 9.47 Å². The van der Waals surface area contributed by atoms with Crippen molar-refractivity contribution in [3.8, 4) is 11.5 Å². The third-order valence-corrected chi connectivity index (χ3v) is 4.34. The van der Waals surface area contributed by atoms with E-state index in [1.54, 1.807) is 0 Å². The minimum atomic E-state index is 0.0603. The molecule has 4 nitrogen and oxygen atoms in total. The number of benzene rings is 1. The maximum atomic E-state index is 12.3. The van der Waals surface area contributed by atoms with Crippen LogP contribution in [0.1, 0.15) is 58.8 Å². The van der Waals surface area contributed by atoms with Gasteiger partial charge < -0.3 is 14.8 Å². The Labute approximate surface area is 139 Å². The van der Waals surface area contributed by atoms with Crippen molar-refractivity contribution in [3.63, 3.8) is 0 Å². The van der Waals surface area contributed by atoms with Gasteiger partial charge in [0.15, 0.2) is 0 Å². The minimum Gasteiger partial charge on any atom is -0.494 e. The molecular formula is C19H29NO3. The second-order valence-corrected chi connectivity index (χ2v) is 6.11. The molecule has 1 fully saturated rings. The predicted octanol–water partition coefficient (Wildman–Crippen LogP) is 4.78. The molecule has 1 saturated carbocycles. The Bertz CT molecular complexity index is 495. The van der Waals surface area contributed by atoms with Gasteiger partial charge in [-0.15, -0.1) is 0 Å². The van der Waals surface area contributed by atoms with Crippen molar-refractivity contribution < 1.29 is 14.3 Å². The SMILES string of the molecule is CCOc1ccc(OCC)c(NC(=O)CCC2CCCCC2)c1. The van der Waals surface area contributed by atoms with Gasteiger partial charge in [0.05, 0.1) is 18.9 Å². The van der Waals surface area contributed by atoms with Gasteiger partial charge in [-0.1, -0.05) is 32.1 Å². The summed E-state index contributed by atoms with van der Waals surface area (Å²) in [5.41, 5.74) is 0.700. The number of ether oxygens (including phenoxy) is 2. The molecule has 128 valence electrons. The second-order valence-electron chi connectivity index (χ2n) is 6.11. The molecule has 4 heteroatoms. The highest BCUT2D eigenvalue weighted by Gasteiger charge is 2.16. The molecule has 0 saturated heterocycles. The molecule has 0 radical (unpaired) electrons. The van der Waals surface area contributed by atoms with Gasteiger partial charge in [-0.3, -0.25) is 4.79 Å². The van der Waals surface area contributed by atoms with Crippen LogP contribution in [0.2, 0.25) is 0 Å². The molecule has 1 amide bonds. The summed E-state index contributed by atoms with van der Waals surface area (Å²) in [7, 11) is 0. The number of carbonyl (C=O) groups excluding carboxylic acids is 1. The third kappa shape index (κ3) is 5.77. The standard InChI is InChI=1S/C19H29NO3/c1-3-22-16-11-12-18(23-4-2)17(14-16)20-19(21)13-10-15-8-6-5-7-9-15/h11-12,14-15H,3-10,13H2,1-2H3,(H,20,21). The first kappa shape index (κ1) is 17.6. The zero-order valence-corrected chi connectivity index (χ0v) is 14.4. The van der Waals surface area contributed by atoms with E-state index < -0.39 is 0 Å². The number of nitrogens with one attached hydrogen (secondary N) is 1. The van der Waals surface area contributed by atoms with Crippen LogP contribution in [0.5, 0.6) is 11.5 Å². The summed E-state index contributed by atoms with van der Waals surface area (Å²) in [6, 6.07) is 5.56. The largest absolute Gasteiger partial charge is 0.494 e. The molecule has 1 aromatic rings. The Morgan fingerprint density at radius 2 is 1.87 bits per heavy atom. The van der Waals surface area contributed by atoms with Crippen LogP contribution < -0.4 is 14.8 Å². The summed E-state index contributed by atoms with van der Waals surface area (Å²) in [5.74, 6) is 2.22. The van der Waals surface area contributed by atoms with E-state index in [-0.39, 0.29) is 5.91 Å². The molecule has 0 heterocycles. The lowest BCUT2D eigenvalue weighted by molar-refractivity contribution is -0.116. The zero-order chi connectivity index (χ0) is 16.5. The second kappa shape index (κ2) is 9.43. The average Bonchev–Trinajstić information content (AvgIpc) is 2.57. The van der Waals surface area contributed by atoms with Crippen molar-refractivity contribution in [2.75, 3.05) is 18.5 Å². The highest BCUT2D eigenvalue weighted by atomic mass is 16.5. The van der Waals surface area contributed by atoms with Crippen LogP contribution in [-0.4, -0.2) is 19.1 Å². The number of anilines is 1. The summed E-state index contributed by atoms with van der Waals surface area (Å²) in [6.45, 7) is 5.05. The molecule has 2 rings (SSSR count). The van der Waals surface area contributed by atoms with Crippen LogP contribution in [0.4, 0.5) is 5.69 Å². The maximum Gasteiger partial charge on any atom is 0.224 e. The third-order valence-electron chi connectivity index (χ3n) is 4.34. The van der Waals surface area contributed by atoms with E-state index in [0.29, 0.717) is 31.1 Å². The number of hydrogen-bond acceptors (Lipinski definition) is 3. The van der Waals surface area contributed by atoms with Crippen LogP contribution in [-0.2, 0) is 4.79 Å². The summed E-state index contributed by atoms with van der Waals surface area (Å²) >= 11 is 0. The summed E-state index contributed by atoms with van der Waals surface area (Å²) in [5, 5.41) is 2.99. The Hall–Kier alpha value is -1.71. The van der Waals surface area contributed by atoms with Gasteiger partial charge in [0, 0.05) is 12.5 Å². The lowest BCUT2D eigenvalue weighted by Crippen LogP contribution is -2.15. The molecule has 0 spiro atoms. The Morgan fingerprint density at radius 3 is 2.57 bits per heavy atom. The first-order valence-electron chi connectivity index (χ1n) is 8.92. The summed E-state index contributed by atoms with van der Waals surface area (Å²) < 4.78 is 11.1. The van der Waals surface area contributed by atoms with Gasteiger partial charge in [0.25, 0.3) is 0 Å². The fraction of sp³-hybridized carbons (Fsp3) is 0.632. The van der Waals surface area contributed by atoms with Crippen LogP contribution >= 0.6 is 0 Å². The van der Waals surface area contributed by atoms with Crippen molar-refractivity contribution in [1.82, 2.24) is 0 Å². The summed E-state index contributed by atoms with van der Waals surface area (Å²) in [6.07, 6.45) is 8.10. The molecule has 0 atom stereocenters. The van der Waals surface area contributed by atoms with E-state index in [1.165, 1.54) is 32.1 Å². The number of carbonyl (C=O) groups is 1. The van der Waals surface area contributed by atoms with Crippen molar-refractivity contribution in [2.45, 2.75) is 58.8 Å². The van der Waals surface area contributed by atoms with E-state index in [0.717, 1.165) is 18.1 Å². The number of hydrogen-bond donors (Lipinski definition) is 1.